The summed E-state index contributed by atoms with van der Waals surface area (Å²) in [6, 6.07) is 9.75. The van der Waals surface area contributed by atoms with E-state index in [-0.39, 0.29) is 16.2 Å². The SMILES string of the molecule is CC(C)(C)[S@@](=O)N[C@@H]1c2cccnc2CC12CCN(c1ncc(Sc3cccc(Cl)c3Cl)c3nccn13)CC2. The van der Waals surface area contributed by atoms with Crippen LogP contribution in [0.25, 0.3) is 5.65 Å². The Morgan fingerprint density at radius 3 is 2.62 bits per heavy atom. The molecule has 204 valence electrons. The van der Waals surface area contributed by atoms with Crippen molar-refractivity contribution in [1.29, 1.82) is 0 Å². The van der Waals surface area contributed by atoms with Crippen molar-refractivity contribution < 1.29 is 4.21 Å². The Morgan fingerprint density at radius 2 is 1.85 bits per heavy atom. The van der Waals surface area contributed by atoms with Gasteiger partial charge in [-0.15, -0.1) is 0 Å². The van der Waals surface area contributed by atoms with Crippen LogP contribution in [0.15, 0.2) is 64.9 Å². The second-order valence-corrected chi connectivity index (χ2v) is 15.1. The van der Waals surface area contributed by atoms with Gasteiger partial charge in [0.2, 0.25) is 5.95 Å². The predicted molar refractivity (Wildman–Crippen MR) is 159 cm³/mol. The minimum atomic E-state index is -1.18. The van der Waals surface area contributed by atoms with E-state index in [0.717, 1.165) is 59.4 Å². The molecule has 1 aliphatic carbocycles. The van der Waals surface area contributed by atoms with E-state index in [4.69, 9.17) is 33.2 Å². The molecule has 0 bridgehead atoms. The van der Waals surface area contributed by atoms with Gasteiger partial charge >= 0.3 is 0 Å². The second-order valence-electron chi connectivity index (χ2n) is 11.2. The number of hydrogen-bond donors (Lipinski definition) is 1. The summed E-state index contributed by atoms with van der Waals surface area (Å²) in [5.74, 6) is 0.871. The van der Waals surface area contributed by atoms with E-state index in [0.29, 0.717) is 10.0 Å². The summed E-state index contributed by atoms with van der Waals surface area (Å²) in [6.45, 7) is 7.70. The lowest BCUT2D eigenvalue weighted by Crippen LogP contribution is -2.48. The van der Waals surface area contributed by atoms with Crippen molar-refractivity contribution in [3.8, 4) is 0 Å². The molecule has 2 aliphatic rings. The van der Waals surface area contributed by atoms with Gasteiger partial charge in [-0.3, -0.25) is 9.38 Å². The molecule has 11 heteroatoms. The smallest absolute Gasteiger partial charge is 0.211 e. The first-order chi connectivity index (χ1) is 18.7. The summed E-state index contributed by atoms with van der Waals surface area (Å²) in [6.07, 6.45) is 10.3. The van der Waals surface area contributed by atoms with E-state index in [9.17, 15) is 4.21 Å². The number of nitrogens with one attached hydrogen (secondary N) is 1. The maximum Gasteiger partial charge on any atom is 0.211 e. The monoisotopic (exact) mass is 600 g/mol. The zero-order valence-electron chi connectivity index (χ0n) is 22.0. The van der Waals surface area contributed by atoms with Crippen LogP contribution in [-0.2, 0) is 17.4 Å². The molecule has 39 heavy (non-hydrogen) atoms. The van der Waals surface area contributed by atoms with Crippen molar-refractivity contribution in [2.24, 2.45) is 5.41 Å². The van der Waals surface area contributed by atoms with Gasteiger partial charge in [-0.25, -0.2) is 18.9 Å². The van der Waals surface area contributed by atoms with E-state index in [1.165, 1.54) is 17.3 Å². The Morgan fingerprint density at radius 1 is 1.05 bits per heavy atom. The van der Waals surface area contributed by atoms with Crippen molar-refractivity contribution >= 4 is 57.5 Å². The van der Waals surface area contributed by atoms with E-state index in [1.807, 2.05) is 62.0 Å². The molecule has 1 aromatic carbocycles. The van der Waals surface area contributed by atoms with Gasteiger partial charge in [0, 0.05) is 48.5 Å². The van der Waals surface area contributed by atoms with E-state index >= 15 is 0 Å². The Hall–Kier alpha value is -2.17. The van der Waals surface area contributed by atoms with Crippen molar-refractivity contribution in [3.05, 3.63) is 76.4 Å². The predicted octanol–water partition coefficient (Wildman–Crippen LogP) is 6.52. The number of fused-ring (bicyclic) bond motifs is 2. The van der Waals surface area contributed by atoms with Gasteiger partial charge in [-0.05, 0) is 69.2 Å². The van der Waals surface area contributed by atoms with E-state index < -0.39 is 11.0 Å². The summed E-state index contributed by atoms with van der Waals surface area (Å²) >= 11 is 14.2. The lowest BCUT2D eigenvalue weighted by Gasteiger charge is -2.44. The third-order valence-corrected chi connectivity index (χ3v) is 11.3. The molecule has 1 aliphatic heterocycles. The molecule has 3 aromatic heterocycles. The van der Waals surface area contributed by atoms with Crippen LogP contribution in [0.1, 0.15) is 50.9 Å². The molecule has 0 saturated carbocycles. The first-order valence-corrected chi connectivity index (χ1v) is 15.7. The standard InChI is InChI=1S/C28H30Cl2N6OS2/c1-27(2,3)39(37)34-24-18-6-5-11-31-20(18)16-28(24)9-13-35(14-10-28)26-33-17-22(25-32-12-15-36(25)26)38-21-8-4-7-19(29)23(21)30/h4-8,11-12,15,17,24,34H,9-10,13-14,16H2,1-3H3/t24-,39-/m1/s1. The molecule has 4 aromatic rings. The van der Waals surface area contributed by atoms with Crippen LogP contribution in [0.2, 0.25) is 10.0 Å². The van der Waals surface area contributed by atoms with Gasteiger partial charge in [0.1, 0.15) is 0 Å². The summed E-state index contributed by atoms with van der Waals surface area (Å²) in [4.78, 5) is 18.3. The Kier molecular flexibility index (Phi) is 7.17. The highest BCUT2D eigenvalue weighted by molar-refractivity contribution is 7.99. The molecule has 6 rings (SSSR count). The van der Waals surface area contributed by atoms with Crippen LogP contribution < -0.4 is 9.62 Å². The van der Waals surface area contributed by atoms with Gasteiger partial charge in [0.05, 0.1) is 36.7 Å². The topological polar surface area (TPSA) is 75.4 Å². The van der Waals surface area contributed by atoms with Crippen molar-refractivity contribution in [2.45, 2.75) is 60.6 Å². The van der Waals surface area contributed by atoms with Crippen LogP contribution in [0.3, 0.4) is 0 Å². The fraction of sp³-hybridized carbons (Fsp3) is 0.393. The minimum absolute atomic E-state index is 0.00542. The molecular weight excluding hydrogens is 571 g/mol. The number of nitrogens with zero attached hydrogens (tertiary/aromatic N) is 5. The quantitative estimate of drug-likeness (QED) is 0.281. The molecule has 7 nitrogen and oxygen atoms in total. The van der Waals surface area contributed by atoms with Crippen LogP contribution in [-0.4, -0.2) is 41.4 Å². The average molecular weight is 602 g/mol. The highest BCUT2D eigenvalue weighted by Crippen LogP contribution is 2.52. The first-order valence-electron chi connectivity index (χ1n) is 13.0. The molecule has 0 unspecified atom stereocenters. The van der Waals surface area contributed by atoms with Gasteiger partial charge in [-0.2, -0.15) is 0 Å². The number of halogens is 2. The van der Waals surface area contributed by atoms with Gasteiger partial charge < -0.3 is 4.90 Å². The molecule has 1 saturated heterocycles. The van der Waals surface area contributed by atoms with Gasteiger partial charge in [-0.1, -0.05) is 47.1 Å². The zero-order chi connectivity index (χ0) is 27.4. The lowest BCUT2D eigenvalue weighted by atomic mass is 9.73. The van der Waals surface area contributed by atoms with Crippen LogP contribution in [0.5, 0.6) is 0 Å². The first kappa shape index (κ1) is 27.0. The summed E-state index contributed by atoms with van der Waals surface area (Å²) in [5.41, 5.74) is 3.09. The minimum Gasteiger partial charge on any atom is -0.342 e. The third-order valence-electron chi connectivity index (χ3n) is 7.70. The highest BCUT2D eigenvalue weighted by Gasteiger charge is 2.49. The fourth-order valence-electron chi connectivity index (χ4n) is 5.59. The summed E-state index contributed by atoms with van der Waals surface area (Å²) < 4.78 is 18.4. The molecule has 0 amide bonds. The second kappa shape index (κ2) is 10.3. The third kappa shape index (κ3) is 4.97. The fourth-order valence-corrected chi connectivity index (χ4v) is 7.93. The van der Waals surface area contributed by atoms with Gasteiger partial charge in [0.15, 0.2) is 5.65 Å². The van der Waals surface area contributed by atoms with Crippen LogP contribution in [0, 0.1) is 5.41 Å². The number of piperidine rings is 1. The normalized spacial score (nSPS) is 19.5. The van der Waals surface area contributed by atoms with Crippen molar-refractivity contribution in [3.63, 3.8) is 0 Å². The Bertz CT molecular complexity index is 1560. The number of anilines is 1. The number of imidazole rings is 1. The average Bonchev–Trinajstić information content (AvgIpc) is 3.51. The number of aromatic nitrogens is 4. The maximum absolute atomic E-state index is 13.2. The van der Waals surface area contributed by atoms with E-state index in [2.05, 4.69) is 20.7 Å². The van der Waals surface area contributed by atoms with Crippen molar-refractivity contribution in [2.75, 3.05) is 18.0 Å². The highest BCUT2D eigenvalue weighted by atomic mass is 35.5. The largest absolute Gasteiger partial charge is 0.342 e. The summed E-state index contributed by atoms with van der Waals surface area (Å²) in [7, 11) is -1.18. The molecule has 1 N–H and O–H groups in total. The molecule has 1 fully saturated rings. The molecule has 2 atom stereocenters. The maximum atomic E-state index is 13.2. The van der Waals surface area contributed by atoms with Crippen LogP contribution >= 0.6 is 35.0 Å². The number of rotatable bonds is 5. The zero-order valence-corrected chi connectivity index (χ0v) is 25.2. The molecule has 1 spiro atoms. The number of hydrogen-bond acceptors (Lipinski definition) is 6. The number of benzene rings is 1. The van der Waals surface area contributed by atoms with Gasteiger partial charge in [0.25, 0.3) is 0 Å². The van der Waals surface area contributed by atoms with E-state index in [1.54, 1.807) is 12.3 Å². The molecule has 0 radical (unpaired) electrons. The van der Waals surface area contributed by atoms with Crippen molar-refractivity contribution in [1.82, 2.24) is 24.1 Å². The number of pyridine rings is 1. The molecule has 4 heterocycles. The summed E-state index contributed by atoms with van der Waals surface area (Å²) in [5, 5.41) is 1.05. The Labute approximate surface area is 245 Å². The van der Waals surface area contributed by atoms with Crippen LogP contribution in [0.4, 0.5) is 5.95 Å². The Balaban J connectivity index is 1.25. The lowest BCUT2D eigenvalue weighted by molar-refractivity contribution is 0.176. The molecular formula is C28H30Cl2N6OS2.